The molecule has 1 aromatic rings. The monoisotopic (exact) mass is 342 g/mol. The Balaban J connectivity index is 3.23. The van der Waals surface area contributed by atoms with Crippen LogP contribution in [0.5, 0.6) is 0 Å². The summed E-state index contributed by atoms with van der Waals surface area (Å²) < 4.78 is 0. The van der Waals surface area contributed by atoms with E-state index >= 15 is 0 Å². The van der Waals surface area contributed by atoms with Crippen LogP contribution in [0.4, 0.5) is 0 Å². The number of hydrogen-bond acceptors (Lipinski definition) is 1. The first-order valence-electron chi connectivity index (χ1n) is 8.83. The molecule has 0 amide bonds. The number of unbranched alkanes of at least 4 members (excludes halogenated alkanes) is 3. The number of benzene rings is 1. The predicted molar refractivity (Wildman–Crippen MR) is 103 cm³/mol. The Morgan fingerprint density at radius 2 is 1.27 bits per heavy atom. The van der Waals surface area contributed by atoms with Crippen LogP contribution in [-0.2, 0) is 0 Å². The summed E-state index contributed by atoms with van der Waals surface area (Å²) in [5, 5.41) is 0. The number of hydrogen-bond donors (Lipinski definition) is 0. The fourth-order valence-corrected chi connectivity index (χ4v) is 9.67. The Bertz CT molecular complexity index is 433. The average Bonchev–Trinajstić information content (AvgIpc) is 2.57. The van der Waals surface area contributed by atoms with E-state index in [-0.39, 0.29) is 5.52 Å². The second kappa shape index (κ2) is 9.04. The summed E-state index contributed by atoms with van der Waals surface area (Å²) in [6.07, 6.45) is 9.24. The molecule has 1 aromatic carbocycles. The third-order valence-electron chi connectivity index (χ3n) is 4.60. The second-order valence-electron chi connectivity index (χ2n) is 6.49. The van der Waals surface area contributed by atoms with Gasteiger partial charge in [0.1, 0.15) is 0 Å². The van der Waals surface area contributed by atoms with Crippen LogP contribution in [0, 0.1) is 0 Å². The van der Waals surface area contributed by atoms with Gasteiger partial charge in [-0.05, 0) is 0 Å². The Hall–Kier alpha value is -0.390. The molecule has 0 heterocycles. The van der Waals surface area contributed by atoms with Gasteiger partial charge in [-0.15, -0.1) is 0 Å². The molecular weight excluding hydrogens is 311 g/mol. The zero-order valence-corrected chi connectivity index (χ0v) is 16.1. The summed E-state index contributed by atoms with van der Waals surface area (Å²) in [7, 11) is 0. The van der Waals surface area contributed by atoms with Gasteiger partial charge in [-0.25, -0.2) is 0 Å². The normalized spacial score (nSPS) is 13.5. The number of carbonyl (C=O) groups is 1. The zero-order valence-electron chi connectivity index (χ0n) is 14.5. The molecule has 0 unspecified atom stereocenters. The Labute approximate surface area is 141 Å². The van der Waals surface area contributed by atoms with Crippen molar-refractivity contribution in [1.29, 1.82) is 0 Å². The quantitative estimate of drug-likeness (QED) is 0.398. The number of carbonyl (C=O) groups excluding carboxylic acids is 1. The van der Waals surface area contributed by atoms with Gasteiger partial charge >= 0.3 is 141 Å². The van der Waals surface area contributed by atoms with Crippen LogP contribution in [0.2, 0.25) is 0 Å². The van der Waals surface area contributed by atoms with E-state index in [0.29, 0.717) is 0 Å². The maximum absolute atomic E-state index is 13.4. The first-order chi connectivity index (χ1) is 10.5. The molecule has 0 aliphatic rings. The van der Waals surface area contributed by atoms with E-state index in [2.05, 4.69) is 20.8 Å². The van der Waals surface area contributed by atoms with Crippen LogP contribution in [0.15, 0.2) is 30.3 Å². The van der Waals surface area contributed by atoms with Crippen molar-refractivity contribution in [2.75, 3.05) is 18.5 Å². The first-order valence-corrected chi connectivity index (χ1v) is 12.5. The van der Waals surface area contributed by atoms with E-state index in [1.165, 1.54) is 0 Å². The van der Waals surface area contributed by atoms with E-state index in [1.54, 1.807) is 0 Å². The van der Waals surface area contributed by atoms with Crippen LogP contribution < -0.4 is 0 Å². The summed E-state index contributed by atoms with van der Waals surface area (Å²) in [5.74, 6) is -2.86. The molecule has 0 spiro atoms. The van der Waals surface area contributed by atoms with Crippen molar-refractivity contribution in [2.24, 2.45) is 0 Å². The molecule has 0 bridgehead atoms. The molecule has 3 heteroatoms. The van der Waals surface area contributed by atoms with Gasteiger partial charge in [0, 0.05) is 0 Å². The van der Waals surface area contributed by atoms with E-state index < -0.39 is 5.96 Å². The average molecular weight is 343 g/mol. The number of rotatable bonds is 11. The Morgan fingerprint density at radius 3 is 1.64 bits per heavy atom. The number of halogens is 1. The molecule has 0 radical (unpaired) electrons. The molecule has 0 aliphatic heterocycles. The fraction of sp³-hybridized carbons (Fsp3) is 0.632. The third kappa shape index (κ3) is 4.80. The summed E-state index contributed by atoms with van der Waals surface area (Å²) in [4.78, 5) is 13.4. The summed E-state index contributed by atoms with van der Waals surface area (Å²) in [6.45, 7) is 6.56. The minimum atomic E-state index is -2.86. The van der Waals surface area contributed by atoms with Gasteiger partial charge < -0.3 is 0 Å². The molecule has 126 valence electrons. The van der Waals surface area contributed by atoms with Crippen molar-refractivity contribution < 1.29 is 4.79 Å². The van der Waals surface area contributed by atoms with Crippen molar-refractivity contribution in [3.63, 3.8) is 0 Å². The van der Waals surface area contributed by atoms with Crippen LogP contribution in [0.1, 0.15) is 69.7 Å². The molecule has 0 aliphatic carbocycles. The van der Waals surface area contributed by atoms with Gasteiger partial charge in [0.2, 0.25) is 0 Å². The fourth-order valence-electron chi connectivity index (χ4n) is 3.11. The van der Waals surface area contributed by atoms with Crippen molar-refractivity contribution in [1.82, 2.24) is 0 Å². The predicted octanol–water partition coefficient (Wildman–Crippen LogP) is 6.93. The molecule has 0 N–H and O–H groups in total. The third-order valence-corrected chi connectivity index (χ3v) is 11.9. The molecule has 22 heavy (non-hydrogen) atoms. The molecule has 0 saturated carbocycles. The minimum absolute atomic E-state index is 0.267. The van der Waals surface area contributed by atoms with Gasteiger partial charge in [-0.1, -0.05) is 0 Å². The Morgan fingerprint density at radius 1 is 0.864 bits per heavy atom. The SMILES string of the molecule is CCCCP(Cl)(CCCC)(CCCC)C(=O)c1ccccc1. The van der Waals surface area contributed by atoms with Gasteiger partial charge in [0.05, 0.1) is 0 Å². The van der Waals surface area contributed by atoms with Gasteiger partial charge in [0.25, 0.3) is 0 Å². The van der Waals surface area contributed by atoms with Crippen LogP contribution >= 0.6 is 17.2 Å². The van der Waals surface area contributed by atoms with Gasteiger partial charge in [-0.2, -0.15) is 0 Å². The summed E-state index contributed by atoms with van der Waals surface area (Å²) >= 11 is 7.40. The van der Waals surface area contributed by atoms with Crippen LogP contribution in [0.25, 0.3) is 0 Å². The summed E-state index contributed by atoms with van der Waals surface area (Å²) in [6, 6.07) is 9.74. The Kier molecular flexibility index (Phi) is 8.08. The van der Waals surface area contributed by atoms with E-state index in [4.69, 9.17) is 11.2 Å². The first kappa shape index (κ1) is 19.7. The molecule has 1 nitrogen and oxygen atoms in total. The zero-order chi connectivity index (χ0) is 16.5. The second-order valence-corrected chi connectivity index (χ2v) is 14.1. The van der Waals surface area contributed by atoms with E-state index in [9.17, 15) is 4.79 Å². The van der Waals surface area contributed by atoms with Crippen molar-refractivity contribution in [3.05, 3.63) is 35.9 Å². The van der Waals surface area contributed by atoms with Crippen LogP contribution in [0.3, 0.4) is 0 Å². The molecule has 0 atom stereocenters. The molecule has 0 aromatic heterocycles. The van der Waals surface area contributed by atoms with Crippen molar-refractivity contribution in [3.8, 4) is 0 Å². The summed E-state index contributed by atoms with van der Waals surface area (Å²) in [5.41, 5.74) is 1.09. The molecular formula is C19H32ClOP. The molecule has 0 fully saturated rings. The van der Waals surface area contributed by atoms with Crippen molar-refractivity contribution in [2.45, 2.75) is 59.3 Å². The topological polar surface area (TPSA) is 17.1 Å². The molecule has 1 rings (SSSR count). The van der Waals surface area contributed by atoms with Crippen molar-refractivity contribution >= 4 is 22.7 Å². The maximum atomic E-state index is 13.4. The molecule has 0 saturated heterocycles. The standard InChI is InChI=1S/C19H32ClOP/c1-4-7-15-22(20,16-8-5-2,17-9-6-3)19(21)18-13-11-10-12-14-18/h10-14H,4-9,15-17H2,1-3H3. The van der Waals surface area contributed by atoms with E-state index in [1.807, 2.05) is 30.3 Å². The van der Waals surface area contributed by atoms with Crippen LogP contribution in [-0.4, -0.2) is 24.0 Å². The van der Waals surface area contributed by atoms with Gasteiger partial charge in [-0.3, -0.25) is 0 Å². The van der Waals surface area contributed by atoms with E-state index in [0.717, 1.165) is 62.6 Å². The van der Waals surface area contributed by atoms with Gasteiger partial charge in [0.15, 0.2) is 0 Å².